The van der Waals surface area contributed by atoms with Gasteiger partial charge in [0.25, 0.3) is 11.6 Å². The van der Waals surface area contributed by atoms with Crippen LogP contribution in [0.2, 0.25) is 15.1 Å². The lowest BCUT2D eigenvalue weighted by atomic mass is 10.1. The van der Waals surface area contributed by atoms with Gasteiger partial charge in [0.2, 0.25) is 0 Å². The van der Waals surface area contributed by atoms with Crippen molar-refractivity contribution in [1.29, 1.82) is 5.26 Å². The number of benzene rings is 2. The van der Waals surface area contributed by atoms with Crippen LogP contribution in [-0.2, 0) is 4.79 Å². The Balaban J connectivity index is 1.85. The molecule has 3 rings (SSSR count). The van der Waals surface area contributed by atoms with Crippen LogP contribution in [0.3, 0.4) is 0 Å². The van der Waals surface area contributed by atoms with Crippen molar-refractivity contribution in [2.75, 3.05) is 5.32 Å². The lowest BCUT2D eigenvalue weighted by molar-refractivity contribution is -0.384. The van der Waals surface area contributed by atoms with E-state index in [0.717, 1.165) is 0 Å². The zero-order valence-electron chi connectivity index (χ0n) is 14.9. The van der Waals surface area contributed by atoms with Crippen LogP contribution in [0.4, 0.5) is 11.4 Å². The van der Waals surface area contributed by atoms with E-state index < -0.39 is 10.8 Å². The van der Waals surface area contributed by atoms with E-state index in [-0.39, 0.29) is 37.8 Å². The number of halogens is 3. The van der Waals surface area contributed by atoms with Crippen LogP contribution >= 0.6 is 34.8 Å². The van der Waals surface area contributed by atoms with E-state index in [9.17, 15) is 20.2 Å². The molecule has 0 aliphatic carbocycles. The quantitative estimate of drug-likeness (QED) is 0.205. The Kier molecular flexibility index (Phi) is 6.43. The molecule has 3 aromatic rings. The minimum absolute atomic E-state index is 0.128. The monoisotopic (exact) mass is 461 g/mol. The summed E-state index contributed by atoms with van der Waals surface area (Å²) in [6.45, 7) is 0. The molecule has 0 aliphatic rings. The molecule has 7 nitrogen and oxygen atoms in total. The Morgan fingerprint density at radius 3 is 2.57 bits per heavy atom. The Labute approximate surface area is 185 Å². The normalized spacial score (nSPS) is 11.1. The molecule has 0 saturated heterocycles. The van der Waals surface area contributed by atoms with E-state index in [1.165, 1.54) is 30.3 Å². The van der Waals surface area contributed by atoms with Gasteiger partial charge < -0.3 is 9.73 Å². The van der Waals surface area contributed by atoms with Crippen LogP contribution in [0.1, 0.15) is 5.76 Å². The van der Waals surface area contributed by atoms with Crippen LogP contribution in [0, 0.1) is 21.4 Å². The number of amides is 1. The van der Waals surface area contributed by atoms with Gasteiger partial charge in [-0.15, -0.1) is 0 Å². The van der Waals surface area contributed by atoms with Crippen LogP contribution in [0.5, 0.6) is 0 Å². The van der Waals surface area contributed by atoms with Gasteiger partial charge >= 0.3 is 0 Å². The number of hydrogen-bond donors (Lipinski definition) is 1. The first-order valence-corrected chi connectivity index (χ1v) is 9.35. The number of nitro benzene ring substituents is 1. The highest BCUT2D eigenvalue weighted by atomic mass is 35.5. The Morgan fingerprint density at radius 2 is 1.90 bits per heavy atom. The molecule has 0 fully saturated rings. The minimum atomic E-state index is -0.701. The fourth-order valence-electron chi connectivity index (χ4n) is 2.47. The number of carbonyl (C=O) groups is 1. The fraction of sp³-hybridized carbons (Fsp3) is 0. The van der Waals surface area contributed by atoms with Gasteiger partial charge in [0, 0.05) is 23.8 Å². The maximum Gasteiger partial charge on any atom is 0.270 e. The molecule has 0 saturated carbocycles. The van der Waals surface area contributed by atoms with Gasteiger partial charge in [-0.2, -0.15) is 5.26 Å². The Hall–Kier alpha value is -3.31. The summed E-state index contributed by atoms with van der Waals surface area (Å²) in [5, 5.41) is 23.2. The Bertz CT molecular complexity index is 1230. The molecule has 30 heavy (non-hydrogen) atoms. The topological polar surface area (TPSA) is 109 Å². The first kappa shape index (κ1) is 21.4. The van der Waals surface area contributed by atoms with E-state index in [0.29, 0.717) is 11.3 Å². The standard InChI is InChI=1S/C20H10Cl3N3O4/c21-15-2-1-3-17(19(15)23)25-20(27)11(10-24)8-13-5-7-18(30-13)14-6-4-12(26(28)29)9-16(14)22/h1-9H,(H,25,27)/b11-8+. The van der Waals surface area contributed by atoms with Crippen molar-refractivity contribution in [3.63, 3.8) is 0 Å². The number of non-ortho nitro benzene ring substituents is 1. The number of anilines is 1. The van der Waals surface area contributed by atoms with Gasteiger partial charge in [-0.1, -0.05) is 40.9 Å². The third-order valence-electron chi connectivity index (χ3n) is 3.91. The molecule has 10 heteroatoms. The number of nitrogens with one attached hydrogen (secondary N) is 1. The summed E-state index contributed by atoms with van der Waals surface area (Å²) in [6, 6.07) is 13.6. The third-order valence-corrected chi connectivity index (χ3v) is 5.04. The van der Waals surface area contributed by atoms with E-state index in [4.69, 9.17) is 39.2 Å². The van der Waals surface area contributed by atoms with Crippen LogP contribution in [0.25, 0.3) is 17.4 Å². The maximum absolute atomic E-state index is 12.4. The summed E-state index contributed by atoms with van der Waals surface area (Å²) in [4.78, 5) is 22.7. The molecular formula is C20H10Cl3N3O4. The van der Waals surface area contributed by atoms with E-state index in [1.54, 1.807) is 30.3 Å². The molecule has 0 spiro atoms. The molecule has 0 aliphatic heterocycles. The number of furan rings is 1. The van der Waals surface area contributed by atoms with Crippen molar-refractivity contribution in [3.05, 3.63) is 85.0 Å². The minimum Gasteiger partial charge on any atom is -0.457 e. The van der Waals surface area contributed by atoms with Gasteiger partial charge in [0.05, 0.1) is 25.7 Å². The number of rotatable bonds is 5. The highest BCUT2D eigenvalue weighted by Gasteiger charge is 2.16. The lowest BCUT2D eigenvalue weighted by Crippen LogP contribution is -2.13. The largest absolute Gasteiger partial charge is 0.457 e. The molecule has 0 atom stereocenters. The number of carbonyl (C=O) groups excluding carboxylic acids is 1. The summed E-state index contributed by atoms with van der Waals surface area (Å²) in [6.07, 6.45) is 1.25. The molecule has 0 bridgehead atoms. The van der Waals surface area contributed by atoms with Gasteiger partial charge in [-0.05, 0) is 30.3 Å². The maximum atomic E-state index is 12.4. The SMILES string of the molecule is N#C/C(=C\c1ccc(-c2ccc([N+](=O)[O-])cc2Cl)o1)C(=O)Nc1cccc(Cl)c1Cl. The van der Waals surface area contributed by atoms with Crippen molar-refractivity contribution in [3.8, 4) is 17.4 Å². The highest BCUT2D eigenvalue weighted by Crippen LogP contribution is 2.33. The van der Waals surface area contributed by atoms with Crippen molar-refractivity contribution < 1.29 is 14.1 Å². The van der Waals surface area contributed by atoms with Crippen molar-refractivity contribution in [1.82, 2.24) is 0 Å². The molecule has 1 aromatic heterocycles. The summed E-state index contributed by atoms with van der Waals surface area (Å²) < 4.78 is 5.62. The summed E-state index contributed by atoms with van der Waals surface area (Å²) >= 11 is 18.1. The van der Waals surface area contributed by atoms with Crippen molar-refractivity contribution in [2.24, 2.45) is 0 Å². The second-order valence-corrected chi connectivity index (χ2v) is 7.04. The number of hydrogen-bond acceptors (Lipinski definition) is 5. The molecule has 150 valence electrons. The second kappa shape index (κ2) is 9.01. The third kappa shape index (κ3) is 4.63. The van der Waals surface area contributed by atoms with Gasteiger partial charge in [-0.25, -0.2) is 0 Å². The predicted molar refractivity (Wildman–Crippen MR) is 114 cm³/mol. The lowest BCUT2D eigenvalue weighted by Gasteiger charge is -2.07. The zero-order chi connectivity index (χ0) is 21.8. The number of nitriles is 1. The van der Waals surface area contributed by atoms with Crippen LogP contribution in [0.15, 0.2) is 58.5 Å². The summed E-state index contributed by atoms with van der Waals surface area (Å²) in [5.74, 6) is -0.173. The van der Waals surface area contributed by atoms with Gasteiger partial charge in [0.1, 0.15) is 23.2 Å². The van der Waals surface area contributed by atoms with Crippen molar-refractivity contribution >= 4 is 58.2 Å². The van der Waals surface area contributed by atoms with E-state index >= 15 is 0 Å². The Morgan fingerprint density at radius 1 is 1.13 bits per heavy atom. The summed E-state index contributed by atoms with van der Waals surface area (Å²) in [5.41, 5.74) is 0.295. The predicted octanol–water partition coefficient (Wildman–Crippen LogP) is 6.36. The van der Waals surface area contributed by atoms with Crippen LogP contribution in [-0.4, -0.2) is 10.8 Å². The smallest absolute Gasteiger partial charge is 0.270 e. The fourth-order valence-corrected chi connectivity index (χ4v) is 3.09. The second-order valence-electron chi connectivity index (χ2n) is 5.85. The molecule has 0 unspecified atom stereocenters. The number of nitrogens with zero attached hydrogens (tertiary/aromatic N) is 2. The van der Waals surface area contributed by atoms with E-state index in [2.05, 4.69) is 5.32 Å². The average Bonchev–Trinajstić information content (AvgIpc) is 3.17. The highest BCUT2D eigenvalue weighted by molar-refractivity contribution is 6.44. The molecule has 0 radical (unpaired) electrons. The molecular weight excluding hydrogens is 453 g/mol. The van der Waals surface area contributed by atoms with E-state index in [1.807, 2.05) is 0 Å². The molecule has 1 heterocycles. The van der Waals surface area contributed by atoms with Gasteiger partial charge in [-0.3, -0.25) is 14.9 Å². The average molecular weight is 463 g/mol. The first-order chi connectivity index (χ1) is 14.3. The molecule has 2 aromatic carbocycles. The van der Waals surface area contributed by atoms with Gasteiger partial charge in [0.15, 0.2) is 0 Å². The molecule has 1 amide bonds. The zero-order valence-corrected chi connectivity index (χ0v) is 17.1. The molecule has 1 N–H and O–H groups in total. The summed E-state index contributed by atoms with van der Waals surface area (Å²) in [7, 11) is 0. The van der Waals surface area contributed by atoms with Crippen LogP contribution < -0.4 is 5.32 Å². The first-order valence-electron chi connectivity index (χ1n) is 8.21. The van der Waals surface area contributed by atoms with Crippen molar-refractivity contribution in [2.45, 2.75) is 0 Å². The number of nitro groups is 1.